The van der Waals surface area contributed by atoms with Crippen LogP contribution in [0.3, 0.4) is 0 Å². The van der Waals surface area contributed by atoms with E-state index in [0.717, 1.165) is 6.54 Å². The molecule has 5 nitrogen and oxygen atoms in total. The monoisotopic (exact) mass is 264 g/mol. The van der Waals surface area contributed by atoms with Crippen LogP contribution in [0, 0.1) is 5.82 Å². The van der Waals surface area contributed by atoms with E-state index in [1.165, 1.54) is 18.5 Å². The molecule has 0 aliphatic carbocycles. The van der Waals surface area contributed by atoms with Gasteiger partial charge in [0.1, 0.15) is 11.3 Å². The predicted molar refractivity (Wildman–Crippen MR) is 71.5 cm³/mol. The standard InChI is InChI=1S/C13H17FN4O/c1-3-15-8(2)6-16-13(19)10-4-9(14)5-11-12(10)18-7-17-11/h4-5,7-8,15H,3,6H2,1-2H3,(H,16,19)(H,17,18)/t8-/m1/s1. The minimum atomic E-state index is -0.457. The van der Waals surface area contributed by atoms with Crippen molar-refractivity contribution in [1.82, 2.24) is 20.6 Å². The molecule has 2 rings (SSSR count). The van der Waals surface area contributed by atoms with E-state index in [-0.39, 0.29) is 17.5 Å². The van der Waals surface area contributed by atoms with Gasteiger partial charge in [-0.3, -0.25) is 4.79 Å². The molecular weight excluding hydrogens is 247 g/mol. The lowest BCUT2D eigenvalue weighted by atomic mass is 10.1. The van der Waals surface area contributed by atoms with Crippen molar-refractivity contribution in [2.45, 2.75) is 19.9 Å². The Labute approximate surface area is 110 Å². The summed E-state index contributed by atoms with van der Waals surface area (Å²) in [5.74, 6) is -0.775. The smallest absolute Gasteiger partial charge is 0.253 e. The Kier molecular flexibility index (Phi) is 4.11. The Bertz CT molecular complexity index is 581. The summed E-state index contributed by atoms with van der Waals surface area (Å²) >= 11 is 0. The molecule has 0 saturated heterocycles. The Hall–Kier alpha value is -1.95. The number of aromatic amines is 1. The molecule has 0 aliphatic rings. The summed E-state index contributed by atoms with van der Waals surface area (Å²) in [6, 6.07) is 2.69. The molecule has 102 valence electrons. The molecule has 0 fully saturated rings. The Morgan fingerprint density at radius 3 is 3.05 bits per heavy atom. The normalized spacial score (nSPS) is 12.6. The van der Waals surface area contributed by atoms with Gasteiger partial charge >= 0.3 is 0 Å². The Morgan fingerprint density at radius 1 is 1.53 bits per heavy atom. The van der Waals surface area contributed by atoms with Gasteiger partial charge in [-0.1, -0.05) is 6.92 Å². The number of rotatable bonds is 5. The first kappa shape index (κ1) is 13.5. The Morgan fingerprint density at radius 2 is 2.32 bits per heavy atom. The van der Waals surface area contributed by atoms with Crippen molar-refractivity contribution in [2.24, 2.45) is 0 Å². The van der Waals surface area contributed by atoms with Crippen molar-refractivity contribution in [2.75, 3.05) is 13.1 Å². The number of fused-ring (bicyclic) bond motifs is 1. The lowest BCUT2D eigenvalue weighted by Crippen LogP contribution is -2.38. The summed E-state index contributed by atoms with van der Waals surface area (Å²) in [6.45, 7) is 5.29. The van der Waals surface area contributed by atoms with Gasteiger partial charge in [0.2, 0.25) is 0 Å². The van der Waals surface area contributed by atoms with E-state index in [4.69, 9.17) is 0 Å². The van der Waals surface area contributed by atoms with E-state index in [9.17, 15) is 9.18 Å². The third-order valence-electron chi connectivity index (χ3n) is 2.85. The van der Waals surface area contributed by atoms with E-state index in [1.54, 1.807) is 0 Å². The topological polar surface area (TPSA) is 69.8 Å². The second kappa shape index (κ2) is 5.79. The molecule has 19 heavy (non-hydrogen) atoms. The van der Waals surface area contributed by atoms with Gasteiger partial charge < -0.3 is 15.6 Å². The fourth-order valence-corrected chi connectivity index (χ4v) is 1.95. The second-order valence-electron chi connectivity index (χ2n) is 4.42. The zero-order chi connectivity index (χ0) is 13.8. The average molecular weight is 264 g/mol. The van der Waals surface area contributed by atoms with Crippen LogP contribution in [-0.4, -0.2) is 35.0 Å². The largest absolute Gasteiger partial charge is 0.350 e. The van der Waals surface area contributed by atoms with Gasteiger partial charge in [-0.15, -0.1) is 0 Å². The Balaban J connectivity index is 2.15. The zero-order valence-electron chi connectivity index (χ0n) is 11.0. The van der Waals surface area contributed by atoms with Gasteiger partial charge in [-0.05, 0) is 25.6 Å². The molecule has 3 N–H and O–H groups in total. The van der Waals surface area contributed by atoms with Crippen molar-refractivity contribution in [3.63, 3.8) is 0 Å². The van der Waals surface area contributed by atoms with Crippen molar-refractivity contribution < 1.29 is 9.18 Å². The molecule has 6 heteroatoms. The van der Waals surface area contributed by atoms with Crippen LogP contribution in [0.2, 0.25) is 0 Å². The van der Waals surface area contributed by atoms with Gasteiger partial charge in [-0.25, -0.2) is 9.37 Å². The molecule has 0 saturated carbocycles. The molecule has 1 aromatic carbocycles. The van der Waals surface area contributed by atoms with Crippen molar-refractivity contribution >= 4 is 16.9 Å². The zero-order valence-corrected chi connectivity index (χ0v) is 11.0. The van der Waals surface area contributed by atoms with Crippen LogP contribution in [0.25, 0.3) is 11.0 Å². The second-order valence-corrected chi connectivity index (χ2v) is 4.42. The number of hydrogen-bond acceptors (Lipinski definition) is 3. The molecule has 1 aromatic heterocycles. The quantitative estimate of drug-likeness (QED) is 0.765. The van der Waals surface area contributed by atoms with Crippen LogP contribution in [0.4, 0.5) is 4.39 Å². The van der Waals surface area contributed by atoms with Crippen LogP contribution in [-0.2, 0) is 0 Å². The summed E-state index contributed by atoms with van der Waals surface area (Å²) < 4.78 is 13.4. The number of halogens is 1. The highest BCUT2D eigenvalue weighted by Crippen LogP contribution is 2.16. The molecule has 0 unspecified atom stereocenters. The van der Waals surface area contributed by atoms with Gasteiger partial charge in [-0.2, -0.15) is 0 Å². The summed E-state index contributed by atoms with van der Waals surface area (Å²) in [4.78, 5) is 18.9. The molecule has 0 aliphatic heterocycles. The SMILES string of the molecule is CCN[C@H](C)CNC(=O)c1cc(F)cc2[nH]cnc12. The van der Waals surface area contributed by atoms with Gasteiger partial charge in [0.05, 0.1) is 17.4 Å². The first-order valence-corrected chi connectivity index (χ1v) is 6.26. The van der Waals surface area contributed by atoms with Gasteiger partial charge in [0.25, 0.3) is 5.91 Å². The number of benzene rings is 1. The van der Waals surface area contributed by atoms with E-state index >= 15 is 0 Å². The number of imidazole rings is 1. The van der Waals surface area contributed by atoms with E-state index < -0.39 is 5.82 Å². The fourth-order valence-electron chi connectivity index (χ4n) is 1.95. The van der Waals surface area contributed by atoms with Crippen LogP contribution < -0.4 is 10.6 Å². The lowest BCUT2D eigenvalue weighted by molar-refractivity contribution is 0.0951. The number of carbonyl (C=O) groups excluding carboxylic acids is 1. The van der Waals surface area contributed by atoms with E-state index in [2.05, 4.69) is 20.6 Å². The molecular formula is C13H17FN4O. The molecule has 0 spiro atoms. The first-order chi connectivity index (χ1) is 9.11. The van der Waals surface area contributed by atoms with Crippen molar-refractivity contribution in [3.05, 3.63) is 29.8 Å². The van der Waals surface area contributed by atoms with Crippen molar-refractivity contribution in [3.8, 4) is 0 Å². The third kappa shape index (κ3) is 3.08. The number of amides is 1. The molecule has 1 atom stereocenters. The summed E-state index contributed by atoms with van der Waals surface area (Å²) in [5, 5.41) is 5.96. The number of carbonyl (C=O) groups is 1. The highest BCUT2D eigenvalue weighted by molar-refractivity contribution is 6.04. The summed E-state index contributed by atoms with van der Waals surface area (Å²) in [7, 11) is 0. The number of hydrogen-bond donors (Lipinski definition) is 3. The van der Waals surface area contributed by atoms with Crippen LogP contribution in [0.15, 0.2) is 18.5 Å². The van der Waals surface area contributed by atoms with Crippen LogP contribution in [0.1, 0.15) is 24.2 Å². The van der Waals surface area contributed by atoms with Gasteiger partial charge in [0, 0.05) is 12.6 Å². The molecule has 0 bridgehead atoms. The maximum atomic E-state index is 13.4. The molecule has 0 radical (unpaired) electrons. The average Bonchev–Trinajstić information content (AvgIpc) is 2.83. The van der Waals surface area contributed by atoms with Crippen LogP contribution >= 0.6 is 0 Å². The minimum Gasteiger partial charge on any atom is -0.350 e. The lowest BCUT2D eigenvalue weighted by Gasteiger charge is -2.13. The molecule has 1 amide bonds. The third-order valence-corrected chi connectivity index (χ3v) is 2.85. The maximum Gasteiger partial charge on any atom is 0.253 e. The number of likely N-dealkylation sites (N-methyl/N-ethyl adjacent to an activating group) is 1. The number of aromatic nitrogens is 2. The number of nitrogens with one attached hydrogen (secondary N) is 3. The minimum absolute atomic E-state index is 0.164. The predicted octanol–water partition coefficient (Wildman–Crippen LogP) is 1.43. The fraction of sp³-hybridized carbons (Fsp3) is 0.385. The van der Waals surface area contributed by atoms with E-state index in [0.29, 0.717) is 17.6 Å². The maximum absolute atomic E-state index is 13.4. The highest BCUT2D eigenvalue weighted by atomic mass is 19.1. The molecule has 2 aromatic rings. The van der Waals surface area contributed by atoms with Crippen LogP contribution in [0.5, 0.6) is 0 Å². The van der Waals surface area contributed by atoms with E-state index in [1.807, 2.05) is 13.8 Å². The summed E-state index contributed by atoms with van der Waals surface area (Å²) in [5.41, 5.74) is 1.25. The van der Waals surface area contributed by atoms with Crippen molar-refractivity contribution in [1.29, 1.82) is 0 Å². The molecule has 1 heterocycles. The number of H-pyrrole nitrogens is 1. The highest BCUT2D eigenvalue weighted by Gasteiger charge is 2.14. The summed E-state index contributed by atoms with van der Waals surface area (Å²) in [6.07, 6.45) is 1.45. The van der Waals surface area contributed by atoms with Gasteiger partial charge in [0.15, 0.2) is 0 Å². The first-order valence-electron chi connectivity index (χ1n) is 6.26. The number of nitrogens with zero attached hydrogens (tertiary/aromatic N) is 1.